The molecule has 0 aliphatic carbocycles. The topological polar surface area (TPSA) is 69.6 Å². The first-order valence-electron chi connectivity index (χ1n) is 7.63. The second-order valence-corrected chi connectivity index (χ2v) is 5.75. The molecule has 0 aromatic heterocycles. The van der Waals surface area contributed by atoms with E-state index in [4.69, 9.17) is 5.11 Å². The maximum Gasteiger partial charge on any atom is 0.317 e. The fourth-order valence-electron chi connectivity index (χ4n) is 2.38. The van der Waals surface area contributed by atoms with E-state index < -0.39 is 5.97 Å². The molecule has 22 heavy (non-hydrogen) atoms. The lowest BCUT2D eigenvalue weighted by Gasteiger charge is -2.23. The molecule has 2 N–H and O–H groups in total. The van der Waals surface area contributed by atoms with Crippen LogP contribution < -0.4 is 5.32 Å². The van der Waals surface area contributed by atoms with Crippen LogP contribution in [-0.4, -0.2) is 35.1 Å². The maximum absolute atomic E-state index is 12.2. The maximum atomic E-state index is 12.2. The minimum absolute atomic E-state index is 0.0447. The van der Waals surface area contributed by atoms with Crippen molar-refractivity contribution in [1.29, 1.82) is 0 Å². The molecule has 5 heteroatoms. The third kappa shape index (κ3) is 5.39. The van der Waals surface area contributed by atoms with Gasteiger partial charge in [-0.3, -0.25) is 4.79 Å². The first-order valence-corrected chi connectivity index (χ1v) is 7.63. The fourth-order valence-corrected chi connectivity index (χ4v) is 2.38. The van der Waals surface area contributed by atoms with Crippen molar-refractivity contribution in [3.8, 4) is 0 Å². The smallest absolute Gasteiger partial charge is 0.317 e. The number of benzene rings is 1. The minimum Gasteiger partial charge on any atom is -0.481 e. The van der Waals surface area contributed by atoms with Crippen molar-refractivity contribution < 1.29 is 14.7 Å². The monoisotopic (exact) mass is 306 g/mol. The summed E-state index contributed by atoms with van der Waals surface area (Å²) in [7, 11) is 1.72. The standard InChI is InChI=1S/C17H26N2O3/c1-5-7-15(10-16(20)21)18-17(22)19(4)11-14-9-6-8-12(2)13(14)3/h6,8-9,15H,5,7,10-11H2,1-4H3,(H,18,22)(H,20,21). The third-order valence-corrected chi connectivity index (χ3v) is 3.86. The van der Waals surface area contributed by atoms with Crippen molar-refractivity contribution in [3.05, 3.63) is 34.9 Å². The number of hydrogen-bond acceptors (Lipinski definition) is 2. The van der Waals surface area contributed by atoms with Crippen molar-refractivity contribution in [1.82, 2.24) is 10.2 Å². The average molecular weight is 306 g/mol. The molecular weight excluding hydrogens is 280 g/mol. The van der Waals surface area contributed by atoms with Crippen LogP contribution in [0.2, 0.25) is 0 Å². The lowest BCUT2D eigenvalue weighted by atomic mass is 10.0. The van der Waals surface area contributed by atoms with Gasteiger partial charge in [-0.2, -0.15) is 0 Å². The van der Waals surface area contributed by atoms with Gasteiger partial charge in [0.25, 0.3) is 0 Å². The number of urea groups is 1. The van der Waals surface area contributed by atoms with E-state index in [1.807, 2.05) is 39.0 Å². The molecule has 1 aromatic rings. The van der Waals surface area contributed by atoms with Crippen LogP contribution in [0.25, 0.3) is 0 Å². The molecule has 0 fully saturated rings. The van der Waals surface area contributed by atoms with Crippen LogP contribution in [0.15, 0.2) is 18.2 Å². The highest BCUT2D eigenvalue weighted by molar-refractivity contribution is 5.75. The number of hydrogen-bond donors (Lipinski definition) is 2. The van der Waals surface area contributed by atoms with Gasteiger partial charge in [0.15, 0.2) is 0 Å². The Morgan fingerprint density at radius 2 is 2.00 bits per heavy atom. The van der Waals surface area contributed by atoms with E-state index in [0.717, 1.165) is 12.0 Å². The number of aryl methyl sites for hydroxylation is 1. The highest BCUT2D eigenvalue weighted by Crippen LogP contribution is 2.14. The number of rotatable bonds is 7. The van der Waals surface area contributed by atoms with Gasteiger partial charge in [-0.25, -0.2) is 4.79 Å². The molecule has 122 valence electrons. The van der Waals surface area contributed by atoms with E-state index >= 15 is 0 Å². The van der Waals surface area contributed by atoms with Crippen molar-refractivity contribution >= 4 is 12.0 Å². The molecular formula is C17H26N2O3. The van der Waals surface area contributed by atoms with E-state index in [2.05, 4.69) is 5.32 Å². The number of carboxylic acids is 1. The van der Waals surface area contributed by atoms with Crippen LogP contribution in [-0.2, 0) is 11.3 Å². The van der Waals surface area contributed by atoms with Gasteiger partial charge in [-0.1, -0.05) is 31.5 Å². The Morgan fingerprint density at radius 3 is 2.59 bits per heavy atom. The first kappa shape index (κ1) is 18.0. The Morgan fingerprint density at radius 1 is 1.32 bits per heavy atom. The third-order valence-electron chi connectivity index (χ3n) is 3.86. The summed E-state index contributed by atoms with van der Waals surface area (Å²) in [6.07, 6.45) is 1.45. The van der Waals surface area contributed by atoms with Gasteiger partial charge in [0.2, 0.25) is 0 Å². The summed E-state index contributed by atoms with van der Waals surface area (Å²) >= 11 is 0. The van der Waals surface area contributed by atoms with Gasteiger partial charge < -0.3 is 15.3 Å². The predicted octanol–water partition coefficient (Wildman–Crippen LogP) is 3.09. The van der Waals surface area contributed by atoms with Crippen molar-refractivity contribution in [3.63, 3.8) is 0 Å². The van der Waals surface area contributed by atoms with E-state index in [0.29, 0.717) is 13.0 Å². The number of carbonyl (C=O) groups is 2. The summed E-state index contributed by atoms with van der Waals surface area (Å²) in [5.74, 6) is -0.893. The molecule has 1 atom stereocenters. The first-order chi connectivity index (χ1) is 10.3. The lowest BCUT2D eigenvalue weighted by molar-refractivity contribution is -0.137. The zero-order chi connectivity index (χ0) is 16.7. The van der Waals surface area contributed by atoms with Crippen LogP contribution >= 0.6 is 0 Å². The molecule has 0 heterocycles. The Hall–Kier alpha value is -2.04. The van der Waals surface area contributed by atoms with Gasteiger partial charge in [0, 0.05) is 19.6 Å². The Labute approximate surface area is 132 Å². The minimum atomic E-state index is -0.893. The van der Waals surface area contributed by atoms with Gasteiger partial charge >= 0.3 is 12.0 Å². The van der Waals surface area contributed by atoms with Crippen LogP contribution in [0.1, 0.15) is 42.9 Å². The van der Waals surface area contributed by atoms with E-state index in [9.17, 15) is 9.59 Å². The molecule has 0 radical (unpaired) electrons. The number of carboxylic acid groups (broad SMARTS) is 1. The molecule has 1 rings (SSSR count). The number of amides is 2. The summed E-state index contributed by atoms with van der Waals surface area (Å²) in [5.41, 5.74) is 3.47. The molecule has 0 aliphatic rings. The summed E-state index contributed by atoms with van der Waals surface area (Å²) in [6, 6.07) is 5.47. The van der Waals surface area contributed by atoms with Crippen LogP contribution in [0.5, 0.6) is 0 Å². The predicted molar refractivity (Wildman–Crippen MR) is 86.9 cm³/mol. The Balaban J connectivity index is 2.67. The average Bonchev–Trinajstić information content (AvgIpc) is 2.43. The van der Waals surface area contributed by atoms with E-state index in [1.54, 1.807) is 11.9 Å². The SMILES string of the molecule is CCCC(CC(=O)O)NC(=O)N(C)Cc1cccc(C)c1C. The molecule has 1 aromatic carbocycles. The molecule has 5 nitrogen and oxygen atoms in total. The summed E-state index contributed by atoms with van der Waals surface area (Å²) in [6.45, 7) is 6.57. The largest absolute Gasteiger partial charge is 0.481 e. The highest BCUT2D eigenvalue weighted by atomic mass is 16.4. The van der Waals surface area contributed by atoms with E-state index in [-0.39, 0.29) is 18.5 Å². The highest BCUT2D eigenvalue weighted by Gasteiger charge is 2.18. The van der Waals surface area contributed by atoms with Gasteiger partial charge in [0.05, 0.1) is 6.42 Å². The second-order valence-electron chi connectivity index (χ2n) is 5.75. The van der Waals surface area contributed by atoms with Crippen LogP contribution in [0.4, 0.5) is 4.79 Å². The quantitative estimate of drug-likeness (QED) is 0.813. The molecule has 0 aliphatic heterocycles. The van der Waals surface area contributed by atoms with Crippen molar-refractivity contribution in [2.45, 2.75) is 52.6 Å². The number of nitrogens with zero attached hydrogens (tertiary/aromatic N) is 1. The summed E-state index contributed by atoms with van der Waals surface area (Å²) in [4.78, 5) is 24.7. The van der Waals surface area contributed by atoms with Gasteiger partial charge in [-0.05, 0) is 37.0 Å². The number of carbonyl (C=O) groups excluding carboxylic acids is 1. The molecule has 0 saturated heterocycles. The second kappa shape index (κ2) is 8.41. The van der Waals surface area contributed by atoms with Crippen molar-refractivity contribution in [2.75, 3.05) is 7.05 Å². The molecule has 0 spiro atoms. The van der Waals surface area contributed by atoms with Crippen LogP contribution in [0, 0.1) is 13.8 Å². The lowest BCUT2D eigenvalue weighted by Crippen LogP contribution is -2.43. The molecule has 0 bridgehead atoms. The number of aliphatic carboxylic acids is 1. The van der Waals surface area contributed by atoms with Crippen LogP contribution in [0.3, 0.4) is 0 Å². The fraction of sp³-hybridized carbons (Fsp3) is 0.529. The zero-order valence-electron chi connectivity index (χ0n) is 13.8. The van der Waals surface area contributed by atoms with Crippen molar-refractivity contribution in [2.24, 2.45) is 0 Å². The Bertz CT molecular complexity index is 529. The van der Waals surface area contributed by atoms with Gasteiger partial charge in [0.1, 0.15) is 0 Å². The van der Waals surface area contributed by atoms with Gasteiger partial charge in [-0.15, -0.1) is 0 Å². The molecule has 2 amide bonds. The normalized spacial score (nSPS) is 11.8. The summed E-state index contributed by atoms with van der Waals surface area (Å²) < 4.78 is 0. The molecule has 0 saturated carbocycles. The molecule has 1 unspecified atom stereocenters. The summed E-state index contributed by atoms with van der Waals surface area (Å²) in [5, 5.41) is 11.7. The van der Waals surface area contributed by atoms with E-state index in [1.165, 1.54) is 11.1 Å². The Kier molecular flexibility index (Phi) is 6.89. The number of nitrogens with one attached hydrogen (secondary N) is 1. The zero-order valence-corrected chi connectivity index (χ0v) is 13.8.